The van der Waals surface area contributed by atoms with Gasteiger partial charge in [-0.25, -0.2) is 4.79 Å². The van der Waals surface area contributed by atoms with Crippen molar-refractivity contribution < 1.29 is 19.1 Å². The quantitative estimate of drug-likeness (QED) is 0.578. The topological polar surface area (TPSA) is 55.8 Å². The standard InChI is InChI=1S/C13H20ClNO4/c1-12(2,3)19-11(17)15-6-9(10(16)18-8-14)13(7-15)4-5-13/h9H,4-8H2,1-3H3. The number of carbonyl (C=O) groups excluding carboxylic acids is 2. The molecule has 2 rings (SSSR count). The number of esters is 1. The summed E-state index contributed by atoms with van der Waals surface area (Å²) in [5.74, 6) is -0.572. The molecule has 0 N–H and O–H groups in total. The Morgan fingerprint density at radius 2 is 2.00 bits per heavy atom. The Bertz CT molecular complexity index is 387. The summed E-state index contributed by atoms with van der Waals surface area (Å²) in [6.07, 6.45) is 1.54. The van der Waals surface area contributed by atoms with Crippen molar-refractivity contribution in [3.63, 3.8) is 0 Å². The predicted octanol–water partition coefficient (Wildman–Crippen LogP) is 2.37. The maximum Gasteiger partial charge on any atom is 0.410 e. The molecule has 1 atom stereocenters. The molecule has 5 nitrogen and oxygen atoms in total. The molecule has 6 heteroatoms. The fraction of sp³-hybridized carbons (Fsp3) is 0.846. The second-order valence-electron chi connectivity index (χ2n) is 6.35. The van der Waals surface area contributed by atoms with Crippen LogP contribution in [0.3, 0.4) is 0 Å². The van der Waals surface area contributed by atoms with Gasteiger partial charge in [0.2, 0.25) is 0 Å². The fourth-order valence-electron chi connectivity index (χ4n) is 2.58. The highest BCUT2D eigenvalue weighted by atomic mass is 35.5. The highest BCUT2D eigenvalue weighted by molar-refractivity contribution is 6.17. The van der Waals surface area contributed by atoms with Gasteiger partial charge in [0.1, 0.15) is 5.60 Å². The lowest BCUT2D eigenvalue weighted by Crippen LogP contribution is -2.36. The minimum atomic E-state index is -0.525. The van der Waals surface area contributed by atoms with Crippen LogP contribution in [0.25, 0.3) is 0 Å². The molecule has 0 aromatic carbocycles. The van der Waals surface area contributed by atoms with Gasteiger partial charge in [0.25, 0.3) is 0 Å². The molecule has 0 aromatic heterocycles. The van der Waals surface area contributed by atoms with Gasteiger partial charge in [-0.05, 0) is 33.6 Å². The molecule has 1 heterocycles. The first-order valence-electron chi connectivity index (χ1n) is 6.48. The molecule has 0 bridgehead atoms. The van der Waals surface area contributed by atoms with Gasteiger partial charge in [-0.3, -0.25) is 4.79 Å². The highest BCUT2D eigenvalue weighted by Gasteiger charge is 2.59. The minimum absolute atomic E-state index is 0.0972. The Hall–Kier alpha value is -0.970. The summed E-state index contributed by atoms with van der Waals surface area (Å²) in [4.78, 5) is 25.5. The molecule has 0 radical (unpaired) electrons. The van der Waals surface area contributed by atoms with Gasteiger partial charge < -0.3 is 14.4 Å². The average Bonchev–Trinajstić information content (AvgIpc) is 2.89. The van der Waals surface area contributed by atoms with Crippen LogP contribution in [0.1, 0.15) is 33.6 Å². The second-order valence-corrected chi connectivity index (χ2v) is 6.57. The number of hydrogen-bond donors (Lipinski definition) is 0. The first-order valence-corrected chi connectivity index (χ1v) is 7.01. The highest BCUT2D eigenvalue weighted by Crippen LogP contribution is 2.56. The first kappa shape index (κ1) is 14.4. The van der Waals surface area contributed by atoms with Gasteiger partial charge in [0.05, 0.1) is 5.92 Å². The summed E-state index contributed by atoms with van der Waals surface area (Å²) in [6, 6.07) is -0.141. The number of hydrogen-bond acceptors (Lipinski definition) is 4. The molecule has 19 heavy (non-hydrogen) atoms. The van der Waals surface area contributed by atoms with E-state index in [0.29, 0.717) is 13.1 Å². The van der Waals surface area contributed by atoms with Crippen LogP contribution in [0.4, 0.5) is 4.79 Å². The van der Waals surface area contributed by atoms with E-state index >= 15 is 0 Å². The third kappa shape index (κ3) is 3.14. The van der Waals surface area contributed by atoms with Crippen molar-refractivity contribution in [3.05, 3.63) is 0 Å². The van der Waals surface area contributed by atoms with Crippen LogP contribution in [0.2, 0.25) is 0 Å². The SMILES string of the molecule is CC(C)(C)OC(=O)N1CC(C(=O)OCCl)C2(CC2)C1. The van der Waals surface area contributed by atoms with E-state index in [1.54, 1.807) is 4.90 Å². The molecule has 1 unspecified atom stereocenters. The largest absolute Gasteiger partial charge is 0.449 e. The van der Waals surface area contributed by atoms with Crippen molar-refractivity contribution in [1.82, 2.24) is 4.90 Å². The number of nitrogens with zero attached hydrogens (tertiary/aromatic N) is 1. The van der Waals surface area contributed by atoms with E-state index in [2.05, 4.69) is 0 Å². The monoisotopic (exact) mass is 289 g/mol. The predicted molar refractivity (Wildman–Crippen MR) is 69.8 cm³/mol. The summed E-state index contributed by atoms with van der Waals surface area (Å²) in [5, 5.41) is 0. The van der Waals surface area contributed by atoms with Crippen LogP contribution in [0.5, 0.6) is 0 Å². The summed E-state index contributed by atoms with van der Waals surface area (Å²) >= 11 is 5.43. The first-order chi connectivity index (χ1) is 8.77. The van der Waals surface area contributed by atoms with Crippen LogP contribution in [-0.2, 0) is 14.3 Å². The van der Waals surface area contributed by atoms with E-state index in [-0.39, 0.29) is 29.5 Å². The zero-order chi connectivity index (χ0) is 14.3. The molecule has 2 aliphatic rings. The van der Waals surface area contributed by atoms with Gasteiger partial charge in [-0.15, -0.1) is 0 Å². The van der Waals surface area contributed by atoms with Crippen molar-refractivity contribution >= 4 is 23.7 Å². The summed E-state index contributed by atoms with van der Waals surface area (Å²) in [7, 11) is 0. The van der Waals surface area contributed by atoms with Crippen molar-refractivity contribution in [2.24, 2.45) is 11.3 Å². The van der Waals surface area contributed by atoms with Crippen molar-refractivity contribution in [3.8, 4) is 0 Å². The average molecular weight is 290 g/mol. The molecule has 1 saturated carbocycles. The van der Waals surface area contributed by atoms with E-state index in [1.165, 1.54) is 0 Å². The molecule has 1 aliphatic heterocycles. The minimum Gasteiger partial charge on any atom is -0.449 e. The molecular formula is C13H20ClNO4. The van der Waals surface area contributed by atoms with Crippen LogP contribution in [-0.4, -0.2) is 41.7 Å². The van der Waals surface area contributed by atoms with Gasteiger partial charge in [0, 0.05) is 18.5 Å². The molecule has 1 aliphatic carbocycles. The lowest BCUT2D eigenvalue weighted by atomic mass is 9.93. The Labute approximate surface area is 118 Å². The zero-order valence-corrected chi connectivity index (χ0v) is 12.3. The normalized spacial score (nSPS) is 24.4. The smallest absolute Gasteiger partial charge is 0.410 e. The number of ether oxygens (including phenoxy) is 2. The third-order valence-corrected chi connectivity index (χ3v) is 3.78. The third-order valence-electron chi connectivity index (χ3n) is 3.67. The van der Waals surface area contributed by atoms with Crippen molar-refractivity contribution in [2.45, 2.75) is 39.2 Å². The summed E-state index contributed by atoms with van der Waals surface area (Å²) < 4.78 is 10.2. The fourth-order valence-corrected chi connectivity index (χ4v) is 2.69. The Balaban J connectivity index is 2.00. The van der Waals surface area contributed by atoms with Crippen LogP contribution in [0.15, 0.2) is 0 Å². The van der Waals surface area contributed by atoms with Gasteiger partial charge in [0.15, 0.2) is 6.07 Å². The number of rotatable bonds is 2. The number of likely N-dealkylation sites (tertiary alicyclic amines) is 1. The number of amides is 1. The summed E-state index contributed by atoms with van der Waals surface area (Å²) in [5.41, 5.74) is -0.622. The van der Waals surface area contributed by atoms with E-state index in [4.69, 9.17) is 21.1 Å². The molecule has 2 fully saturated rings. The van der Waals surface area contributed by atoms with Crippen LogP contribution < -0.4 is 0 Å². The Morgan fingerprint density at radius 1 is 1.37 bits per heavy atom. The Morgan fingerprint density at radius 3 is 2.47 bits per heavy atom. The molecule has 108 valence electrons. The maximum absolute atomic E-state index is 12.0. The lowest BCUT2D eigenvalue weighted by Gasteiger charge is -2.24. The van der Waals surface area contributed by atoms with E-state index in [9.17, 15) is 9.59 Å². The van der Waals surface area contributed by atoms with Crippen LogP contribution >= 0.6 is 11.6 Å². The van der Waals surface area contributed by atoms with Gasteiger partial charge >= 0.3 is 12.1 Å². The lowest BCUT2D eigenvalue weighted by molar-refractivity contribution is -0.147. The molecule has 1 saturated heterocycles. The number of alkyl halides is 1. The van der Waals surface area contributed by atoms with E-state index < -0.39 is 5.60 Å². The van der Waals surface area contributed by atoms with Crippen LogP contribution in [0, 0.1) is 11.3 Å². The van der Waals surface area contributed by atoms with Crippen molar-refractivity contribution in [2.75, 3.05) is 19.2 Å². The molecule has 0 aromatic rings. The number of carbonyl (C=O) groups is 2. The van der Waals surface area contributed by atoms with E-state index in [1.807, 2.05) is 20.8 Å². The maximum atomic E-state index is 12.0. The molecule has 1 spiro atoms. The summed E-state index contributed by atoms with van der Waals surface area (Å²) in [6.45, 7) is 6.42. The molecular weight excluding hydrogens is 270 g/mol. The second kappa shape index (κ2) is 4.85. The number of halogens is 1. The van der Waals surface area contributed by atoms with E-state index in [0.717, 1.165) is 12.8 Å². The van der Waals surface area contributed by atoms with Gasteiger partial charge in [-0.2, -0.15) is 0 Å². The molecule has 1 amide bonds. The zero-order valence-electron chi connectivity index (χ0n) is 11.6. The Kier molecular flexibility index (Phi) is 3.69. The van der Waals surface area contributed by atoms with Crippen molar-refractivity contribution in [1.29, 1.82) is 0 Å². The van der Waals surface area contributed by atoms with Gasteiger partial charge in [-0.1, -0.05) is 11.6 Å².